The van der Waals surface area contributed by atoms with Gasteiger partial charge >= 0.3 is 0 Å². The Labute approximate surface area is 157 Å². The Morgan fingerprint density at radius 2 is 1.96 bits per heavy atom. The predicted octanol–water partition coefficient (Wildman–Crippen LogP) is 0.234. The standard InChI is InChI=1S/C20H18N6O/c1-26-7-6-12-13(8-21)17(24)19(10-22,11-23)20(15(12)9-26)14-4-2-3-5-16(14)25-18(20)27/h2-5,12-13,15,24H,6-7,9H2,1H3,(H,25,27)/p+1/t12-,13?,15-,20-/m1/s1. The third-order valence-electron chi connectivity index (χ3n) is 6.71. The highest BCUT2D eigenvalue weighted by molar-refractivity contribution is 6.15. The van der Waals surface area contributed by atoms with Gasteiger partial charge in [-0.15, -0.1) is 0 Å². The maximum absolute atomic E-state index is 13.4. The van der Waals surface area contributed by atoms with E-state index >= 15 is 0 Å². The molecule has 0 bridgehead atoms. The van der Waals surface area contributed by atoms with Gasteiger partial charge in [0.05, 0.1) is 50.0 Å². The maximum Gasteiger partial charge on any atom is 0.238 e. The summed E-state index contributed by atoms with van der Waals surface area (Å²) in [6, 6.07) is 13.3. The molecule has 1 spiro atoms. The number of piperidine rings is 1. The average molecular weight is 359 g/mol. The Morgan fingerprint density at radius 1 is 1.26 bits per heavy atom. The van der Waals surface area contributed by atoms with Gasteiger partial charge in [-0.25, -0.2) is 0 Å². The largest absolute Gasteiger partial charge is 0.337 e. The fourth-order valence-corrected chi connectivity index (χ4v) is 5.56. The number of anilines is 1. The summed E-state index contributed by atoms with van der Waals surface area (Å²) in [6.07, 6.45) is 0.682. The monoisotopic (exact) mass is 359 g/mol. The zero-order valence-electron chi connectivity index (χ0n) is 14.9. The molecule has 0 radical (unpaired) electrons. The Bertz CT molecular complexity index is 965. The van der Waals surface area contributed by atoms with Gasteiger partial charge in [0.2, 0.25) is 11.3 Å². The number of amides is 1. The first-order chi connectivity index (χ1) is 13.0. The zero-order valence-corrected chi connectivity index (χ0v) is 14.9. The SMILES string of the molecule is C[NH+]1CC[C@@H]2C(C#N)C(=N)C(C#N)(C#N)[C@@]3(C(=O)Nc4ccccc43)[C@@H]2C1. The molecule has 2 unspecified atom stereocenters. The van der Waals surface area contributed by atoms with Crippen LogP contribution in [0.15, 0.2) is 24.3 Å². The molecular formula is C20H19N6O+. The van der Waals surface area contributed by atoms with E-state index in [9.17, 15) is 20.6 Å². The number of quaternary nitrogens is 1. The highest BCUT2D eigenvalue weighted by Crippen LogP contribution is 2.61. The van der Waals surface area contributed by atoms with Gasteiger partial charge in [-0.05, 0) is 17.5 Å². The van der Waals surface area contributed by atoms with Gasteiger partial charge in [0.1, 0.15) is 5.41 Å². The van der Waals surface area contributed by atoms with Crippen LogP contribution in [0.3, 0.4) is 0 Å². The molecule has 1 aliphatic carbocycles. The van der Waals surface area contributed by atoms with Crippen LogP contribution in [0.1, 0.15) is 12.0 Å². The Balaban J connectivity index is 2.10. The number of benzene rings is 1. The first-order valence-corrected chi connectivity index (χ1v) is 9.01. The lowest BCUT2D eigenvalue weighted by Gasteiger charge is -2.54. The Hall–Kier alpha value is -3.21. The molecule has 7 nitrogen and oxygen atoms in total. The first kappa shape index (κ1) is 17.2. The van der Waals surface area contributed by atoms with Gasteiger partial charge in [0.15, 0.2) is 0 Å². The molecule has 134 valence electrons. The van der Waals surface area contributed by atoms with Gasteiger partial charge in [-0.2, -0.15) is 15.8 Å². The molecule has 27 heavy (non-hydrogen) atoms. The topological polar surface area (TPSA) is 129 Å². The van der Waals surface area contributed by atoms with Crippen molar-refractivity contribution >= 4 is 17.3 Å². The van der Waals surface area contributed by atoms with Crippen molar-refractivity contribution < 1.29 is 9.69 Å². The van der Waals surface area contributed by atoms with Gasteiger partial charge in [-0.1, -0.05) is 18.2 Å². The molecule has 1 saturated heterocycles. The highest BCUT2D eigenvalue weighted by Gasteiger charge is 2.74. The van der Waals surface area contributed by atoms with Crippen LogP contribution in [0, 0.1) is 62.6 Å². The van der Waals surface area contributed by atoms with Crippen molar-refractivity contribution in [3.63, 3.8) is 0 Å². The summed E-state index contributed by atoms with van der Waals surface area (Å²) in [4.78, 5) is 14.6. The van der Waals surface area contributed by atoms with E-state index in [1.165, 1.54) is 4.90 Å². The molecule has 1 aromatic carbocycles. The summed E-state index contributed by atoms with van der Waals surface area (Å²) in [5.41, 5.74) is -2.51. The van der Waals surface area contributed by atoms with Gasteiger partial charge in [-0.3, -0.25) is 4.79 Å². The predicted molar refractivity (Wildman–Crippen MR) is 95.5 cm³/mol. The van der Waals surface area contributed by atoms with Crippen molar-refractivity contribution in [2.75, 3.05) is 25.5 Å². The number of rotatable bonds is 0. The second-order valence-electron chi connectivity index (χ2n) is 7.77. The number of carbonyl (C=O) groups excluding carboxylic acids is 1. The van der Waals surface area contributed by atoms with Crippen LogP contribution in [0.4, 0.5) is 5.69 Å². The van der Waals surface area contributed by atoms with Crippen molar-refractivity contribution in [2.24, 2.45) is 23.2 Å². The summed E-state index contributed by atoms with van der Waals surface area (Å²) in [5.74, 6) is -1.82. The number of likely N-dealkylation sites (tertiary alicyclic amines) is 1. The Morgan fingerprint density at radius 3 is 2.63 bits per heavy atom. The van der Waals surface area contributed by atoms with Crippen LogP contribution in [-0.2, 0) is 10.2 Å². The number of fused-ring (bicyclic) bond motifs is 4. The number of para-hydroxylation sites is 1. The molecule has 1 aromatic rings. The molecule has 1 amide bonds. The quantitative estimate of drug-likeness (QED) is 0.612. The molecule has 2 fully saturated rings. The molecule has 0 aromatic heterocycles. The van der Waals surface area contributed by atoms with E-state index in [1.54, 1.807) is 24.3 Å². The van der Waals surface area contributed by atoms with Crippen molar-refractivity contribution in [2.45, 2.75) is 11.8 Å². The van der Waals surface area contributed by atoms with Crippen LogP contribution >= 0.6 is 0 Å². The van der Waals surface area contributed by atoms with E-state index in [1.807, 2.05) is 19.2 Å². The van der Waals surface area contributed by atoms with Crippen LogP contribution in [0.25, 0.3) is 0 Å². The maximum atomic E-state index is 13.4. The molecule has 2 heterocycles. The third kappa shape index (κ3) is 1.81. The van der Waals surface area contributed by atoms with Crippen LogP contribution in [0.2, 0.25) is 0 Å². The number of nitriles is 3. The molecule has 1 saturated carbocycles. The van der Waals surface area contributed by atoms with E-state index in [2.05, 4.69) is 11.4 Å². The molecule has 2 aliphatic heterocycles. The number of nitrogens with zero attached hydrogens (tertiary/aromatic N) is 3. The minimum Gasteiger partial charge on any atom is -0.337 e. The molecular weight excluding hydrogens is 340 g/mol. The molecule has 4 rings (SSSR count). The van der Waals surface area contributed by atoms with Crippen molar-refractivity contribution in [3.8, 4) is 18.2 Å². The summed E-state index contributed by atoms with van der Waals surface area (Å²) in [6.45, 7) is 1.40. The van der Waals surface area contributed by atoms with E-state index < -0.39 is 22.7 Å². The number of hydrogen-bond acceptors (Lipinski definition) is 5. The fraction of sp³-hybridized carbons (Fsp3) is 0.450. The minimum atomic E-state index is -2.00. The first-order valence-electron chi connectivity index (χ1n) is 9.01. The second-order valence-corrected chi connectivity index (χ2v) is 7.77. The zero-order chi connectivity index (χ0) is 19.4. The normalized spacial score (nSPS) is 35.9. The van der Waals surface area contributed by atoms with Crippen molar-refractivity contribution in [1.29, 1.82) is 21.2 Å². The van der Waals surface area contributed by atoms with E-state index in [-0.39, 0.29) is 17.5 Å². The van der Waals surface area contributed by atoms with Crippen LogP contribution < -0.4 is 10.2 Å². The second kappa shape index (κ2) is 5.64. The lowest BCUT2D eigenvalue weighted by molar-refractivity contribution is -0.891. The number of carbonyl (C=O) groups is 1. The summed E-state index contributed by atoms with van der Waals surface area (Å²) in [5, 5.41) is 41.6. The van der Waals surface area contributed by atoms with Crippen molar-refractivity contribution in [1.82, 2.24) is 0 Å². The molecule has 5 atom stereocenters. The Kier molecular flexibility index (Phi) is 3.60. The highest BCUT2D eigenvalue weighted by atomic mass is 16.2. The van der Waals surface area contributed by atoms with Crippen LogP contribution in [0.5, 0.6) is 0 Å². The molecule has 7 heteroatoms. The smallest absolute Gasteiger partial charge is 0.238 e. The average Bonchev–Trinajstić information content (AvgIpc) is 2.97. The number of nitrogens with one attached hydrogen (secondary N) is 3. The summed E-state index contributed by atoms with van der Waals surface area (Å²) >= 11 is 0. The van der Waals surface area contributed by atoms with Gasteiger partial charge < -0.3 is 15.6 Å². The molecule has 3 N–H and O–H groups in total. The number of hydrogen-bond donors (Lipinski definition) is 3. The van der Waals surface area contributed by atoms with E-state index in [4.69, 9.17) is 5.41 Å². The fourth-order valence-electron chi connectivity index (χ4n) is 5.56. The molecule has 3 aliphatic rings. The van der Waals surface area contributed by atoms with Gasteiger partial charge in [0, 0.05) is 18.0 Å². The minimum absolute atomic E-state index is 0.224. The lowest BCUT2D eigenvalue weighted by Crippen LogP contribution is -3.12. The van der Waals surface area contributed by atoms with Crippen LogP contribution in [-0.4, -0.2) is 31.8 Å². The summed E-state index contributed by atoms with van der Waals surface area (Å²) < 4.78 is 0. The van der Waals surface area contributed by atoms with E-state index in [0.29, 0.717) is 24.2 Å². The van der Waals surface area contributed by atoms with E-state index in [0.717, 1.165) is 6.54 Å². The summed E-state index contributed by atoms with van der Waals surface area (Å²) in [7, 11) is 2.02. The van der Waals surface area contributed by atoms with Gasteiger partial charge in [0.25, 0.3) is 0 Å². The lowest BCUT2D eigenvalue weighted by atomic mass is 9.43. The third-order valence-corrected chi connectivity index (χ3v) is 6.71. The van der Waals surface area contributed by atoms with Crippen molar-refractivity contribution in [3.05, 3.63) is 29.8 Å².